The van der Waals surface area contributed by atoms with Crippen molar-refractivity contribution in [2.24, 2.45) is 5.92 Å². The molecule has 2 nitrogen and oxygen atoms in total. The molecule has 14 heavy (non-hydrogen) atoms. The molecule has 1 aromatic carbocycles. The van der Waals surface area contributed by atoms with E-state index in [0.717, 1.165) is 6.54 Å². The SMILES string of the molecule is COC1c2ccc(C)cc2NCC1C. The largest absolute Gasteiger partial charge is 0.384 e. The Morgan fingerprint density at radius 1 is 1.43 bits per heavy atom. The summed E-state index contributed by atoms with van der Waals surface area (Å²) in [6, 6.07) is 6.50. The number of nitrogens with one attached hydrogen (secondary N) is 1. The van der Waals surface area contributed by atoms with Crippen molar-refractivity contribution in [3.8, 4) is 0 Å². The van der Waals surface area contributed by atoms with Crippen LogP contribution in [0.5, 0.6) is 0 Å². The highest BCUT2D eigenvalue weighted by Gasteiger charge is 2.25. The van der Waals surface area contributed by atoms with Crippen LogP contribution in [0, 0.1) is 12.8 Å². The summed E-state index contributed by atoms with van der Waals surface area (Å²) < 4.78 is 5.53. The zero-order valence-corrected chi connectivity index (χ0v) is 9.00. The average molecular weight is 191 g/mol. The number of hydrogen-bond acceptors (Lipinski definition) is 2. The first-order valence-corrected chi connectivity index (χ1v) is 5.09. The Balaban J connectivity index is 2.41. The van der Waals surface area contributed by atoms with Gasteiger partial charge >= 0.3 is 0 Å². The van der Waals surface area contributed by atoms with Crippen LogP contribution in [0.4, 0.5) is 5.69 Å². The fourth-order valence-corrected chi connectivity index (χ4v) is 2.12. The van der Waals surface area contributed by atoms with E-state index in [4.69, 9.17) is 4.74 Å². The third-order valence-electron chi connectivity index (χ3n) is 2.90. The van der Waals surface area contributed by atoms with E-state index in [0.29, 0.717) is 5.92 Å². The van der Waals surface area contributed by atoms with Crippen LogP contribution in [0.25, 0.3) is 0 Å². The first-order chi connectivity index (χ1) is 6.72. The highest BCUT2D eigenvalue weighted by atomic mass is 16.5. The van der Waals surface area contributed by atoms with Gasteiger partial charge in [-0.2, -0.15) is 0 Å². The molecule has 0 aromatic heterocycles. The van der Waals surface area contributed by atoms with E-state index in [1.54, 1.807) is 7.11 Å². The number of benzene rings is 1. The lowest BCUT2D eigenvalue weighted by molar-refractivity contribution is 0.0596. The lowest BCUT2D eigenvalue weighted by atomic mass is 9.91. The van der Waals surface area contributed by atoms with Crippen molar-refractivity contribution in [1.29, 1.82) is 0 Å². The molecule has 2 heteroatoms. The summed E-state index contributed by atoms with van der Waals surface area (Å²) in [5.74, 6) is 0.537. The Morgan fingerprint density at radius 2 is 2.21 bits per heavy atom. The fourth-order valence-electron chi connectivity index (χ4n) is 2.12. The van der Waals surface area contributed by atoms with Crippen LogP contribution in [0.1, 0.15) is 24.2 Å². The van der Waals surface area contributed by atoms with Crippen molar-refractivity contribution in [2.45, 2.75) is 20.0 Å². The van der Waals surface area contributed by atoms with Crippen molar-refractivity contribution in [3.05, 3.63) is 29.3 Å². The van der Waals surface area contributed by atoms with Crippen LogP contribution >= 0.6 is 0 Å². The summed E-state index contributed by atoms with van der Waals surface area (Å²) in [7, 11) is 1.79. The predicted octanol–water partition coefficient (Wildman–Crippen LogP) is 2.74. The molecular formula is C12H17NO. The van der Waals surface area contributed by atoms with Gasteiger partial charge in [-0.05, 0) is 18.6 Å². The van der Waals surface area contributed by atoms with Crippen LogP contribution in [0.15, 0.2) is 18.2 Å². The van der Waals surface area contributed by atoms with Gasteiger partial charge in [-0.15, -0.1) is 0 Å². The monoisotopic (exact) mass is 191 g/mol. The van der Waals surface area contributed by atoms with E-state index < -0.39 is 0 Å². The Hall–Kier alpha value is -1.02. The molecule has 1 heterocycles. The van der Waals surface area contributed by atoms with Crippen molar-refractivity contribution in [3.63, 3.8) is 0 Å². The van der Waals surface area contributed by atoms with E-state index >= 15 is 0 Å². The van der Waals surface area contributed by atoms with Crippen LogP contribution < -0.4 is 5.32 Å². The average Bonchev–Trinajstić information content (AvgIpc) is 2.18. The van der Waals surface area contributed by atoms with Crippen LogP contribution in [0.2, 0.25) is 0 Å². The summed E-state index contributed by atoms with van der Waals surface area (Å²) in [6.07, 6.45) is 0.242. The van der Waals surface area contributed by atoms with Crippen molar-refractivity contribution >= 4 is 5.69 Å². The van der Waals surface area contributed by atoms with E-state index in [-0.39, 0.29) is 6.10 Å². The lowest BCUT2D eigenvalue weighted by Crippen LogP contribution is -2.26. The Morgan fingerprint density at radius 3 is 2.93 bits per heavy atom. The molecule has 1 aliphatic rings. The minimum absolute atomic E-state index is 0.242. The van der Waals surface area contributed by atoms with Gasteiger partial charge in [-0.3, -0.25) is 0 Å². The van der Waals surface area contributed by atoms with Crippen LogP contribution in [-0.4, -0.2) is 13.7 Å². The summed E-state index contributed by atoms with van der Waals surface area (Å²) in [6.45, 7) is 5.32. The molecule has 0 spiro atoms. The third-order valence-corrected chi connectivity index (χ3v) is 2.90. The molecule has 2 unspecified atom stereocenters. The van der Waals surface area contributed by atoms with E-state index in [9.17, 15) is 0 Å². The predicted molar refractivity (Wildman–Crippen MR) is 58.6 cm³/mol. The van der Waals surface area contributed by atoms with Gasteiger partial charge in [-0.1, -0.05) is 19.1 Å². The molecule has 0 amide bonds. The van der Waals surface area contributed by atoms with Gasteiger partial charge in [0.15, 0.2) is 0 Å². The molecule has 0 fully saturated rings. The smallest absolute Gasteiger partial charge is 0.0883 e. The molecule has 2 atom stereocenters. The van der Waals surface area contributed by atoms with E-state index in [1.807, 2.05) is 0 Å². The van der Waals surface area contributed by atoms with Crippen molar-refractivity contribution in [2.75, 3.05) is 19.0 Å². The maximum absolute atomic E-state index is 5.53. The van der Waals surface area contributed by atoms with Gasteiger partial charge in [0.25, 0.3) is 0 Å². The fraction of sp³-hybridized carbons (Fsp3) is 0.500. The number of ether oxygens (including phenoxy) is 1. The molecule has 0 aliphatic carbocycles. The Labute approximate surface area is 85.3 Å². The van der Waals surface area contributed by atoms with Gasteiger partial charge < -0.3 is 10.1 Å². The number of methoxy groups -OCH3 is 1. The molecular weight excluding hydrogens is 174 g/mol. The van der Waals surface area contributed by atoms with Crippen molar-refractivity contribution in [1.82, 2.24) is 0 Å². The number of rotatable bonds is 1. The normalized spacial score (nSPS) is 25.4. The number of fused-ring (bicyclic) bond motifs is 1. The first kappa shape index (κ1) is 9.53. The zero-order valence-electron chi connectivity index (χ0n) is 9.00. The maximum atomic E-state index is 5.53. The molecule has 1 aliphatic heterocycles. The summed E-state index contributed by atoms with van der Waals surface area (Å²) in [5.41, 5.74) is 3.81. The molecule has 76 valence electrons. The lowest BCUT2D eigenvalue weighted by Gasteiger charge is -2.31. The second-order valence-electron chi connectivity index (χ2n) is 4.11. The van der Waals surface area contributed by atoms with Crippen molar-refractivity contribution < 1.29 is 4.74 Å². The molecule has 1 aromatic rings. The van der Waals surface area contributed by atoms with Gasteiger partial charge in [-0.25, -0.2) is 0 Å². The number of aryl methyl sites for hydroxylation is 1. The molecule has 0 bridgehead atoms. The first-order valence-electron chi connectivity index (χ1n) is 5.09. The van der Waals surface area contributed by atoms with Crippen LogP contribution in [0.3, 0.4) is 0 Å². The molecule has 0 radical (unpaired) electrons. The minimum atomic E-state index is 0.242. The topological polar surface area (TPSA) is 21.3 Å². The standard InChI is InChI=1S/C12H17NO/c1-8-4-5-10-11(6-8)13-7-9(2)12(10)14-3/h4-6,9,12-13H,7H2,1-3H3. The van der Waals surface area contributed by atoms with Gasteiger partial charge in [0, 0.05) is 30.8 Å². The molecule has 0 saturated carbocycles. The quantitative estimate of drug-likeness (QED) is 0.737. The number of hydrogen-bond donors (Lipinski definition) is 1. The molecule has 2 rings (SSSR count). The molecule has 1 N–H and O–H groups in total. The third kappa shape index (κ3) is 1.50. The summed E-state index contributed by atoms with van der Waals surface area (Å²) >= 11 is 0. The van der Waals surface area contributed by atoms with Crippen LogP contribution in [-0.2, 0) is 4.74 Å². The van der Waals surface area contributed by atoms with Gasteiger partial charge in [0.1, 0.15) is 0 Å². The van der Waals surface area contributed by atoms with Gasteiger partial charge in [0.2, 0.25) is 0 Å². The second-order valence-corrected chi connectivity index (χ2v) is 4.11. The molecule has 0 saturated heterocycles. The minimum Gasteiger partial charge on any atom is -0.384 e. The van der Waals surface area contributed by atoms with Gasteiger partial charge in [0.05, 0.1) is 6.10 Å². The Kier molecular flexibility index (Phi) is 2.46. The van der Waals surface area contributed by atoms with E-state index in [2.05, 4.69) is 37.4 Å². The second kappa shape index (κ2) is 3.62. The highest BCUT2D eigenvalue weighted by molar-refractivity contribution is 5.56. The Bertz CT molecular complexity index is 335. The number of anilines is 1. The zero-order chi connectivity index (χ0) is 10.1. The highest BCUT2D eigenvalue weighted by Crippen LogP contribution is 2.35. The summed E-state index contributed by atoms with van der Waals surface area (Å²) in [4.78, 5) is 0. The summed E-state index contributed by atoms with van der Waals surface area (Å²) in [5, 5.41) is 3.44. The maximum Gasteiger partial charge on any atom is 0.0883 e. The van der Waals surface area contributed by atoms with E-state index in [1.165, 1.54) is 16.8 Å².